The minimum absolute atomic E-state index is 0. The van der Waals surface area contributed by atoms with Gasteiger partial charge in [0.15, 0.2) is 0 Å². The molecule has 0 bridgehead atoms. The van der Waals surface area contributed by atoms with Crippen LogP contribution in [0.15, 0.2) is 0 Å². The van der Waals surface area contributed by atoms with Gasteiger partial charge in [-0.05, 0) is 0 Å². The number of nitrogens with zero attached hydrogens (tertiary/aromatic N) is 1. The summed E-state index contributed by atoms with van der Waals surface area (Å²) in [5.41, 5.74) is 0. The quantitative estimate of drug-likeness (QED) is 0.319. The Balaban J connectivity index is 0.000000320. The summed E-state index contributed by atoms with van der Waals surface area (Å²) in [6.45, 7) is 6.00. The third-order valence-corrected chi connectivity index (χ3v) is 2.53. The van der Waals surface area contributed by atoms with Crippen molar-refractivity contribution < 1.29 is 28.5 Å². The van der Waals surface area contributed by atoms with Crippen molar-refractivity contribution in [2.24, 2.45) is 0 Å². The molecule has 0 aromatic rings. The van der Waals surface area contributed by atoms with Gasteiger partial charge in [0.25, 0.3) is 0 Å². The molecule has 2 saturated heterocycles. The molecule has 0 N–H and O–H groups in total. The normalized spacial score (nSPS) is 30.0. The van der Waals surface area contributed by atoms with Crippen molar-refractivity contribution in [1.82, 2.24) is 0 Å². The van der Waals surface area contributed by atoms with E-state index in [4.69, 9.17) is 0 Å². The van der Waals surface area contributed by atoms with E-state index >= 15 is 0 Å². The lowest BCUT2D eigenvalue weighted by Crippen LogP contribution is -3.00. The molecule has 2 aliphatic heterocycles. The highest BCUT2D eigenvalue weighted by molar-refractivity contribution is 4.62. The first-order valence-electron chi connectivity index (χ1n) is 3.26. The average Bonchev–Trinajstić information content (AvgIpc) is 1.20. The Morgan fingerprint density at radius 1 is 0.750 bits per heavy atom. The molecule has 0 amide bonds. The van der Waals surface area contributed by atoms with E-state index in [1.54, 1.807) is 0 Å². The third kappa shape index (κ3) is 0.778. The molecule has 0 aliphatic carbocycles. The molecular weight excluding hydrogens is 213 g/mol. The number of hydrogen-bond donors (Lipinski definition) is 0. The Hall–Kier alpha value is 0.690. The van der Waals surface area contributed by atoms with E-state index in [0.717, 1.165) is 0 Å². The van der Waals surface area contributed by atoms with E-state index < -0.39 is 0 Å². The Morgan fingerprint density at radius 2 is 1.12 bits per heavy atom. The lowest BCUT2D eigenvalue weighted by atomic mass is 10.0. The predicted molar refractivity (Wildman–Crippen MR) is 29.0 cm³/mol. The number of quaternary nitrogens is 1. The van der Waals surface area contributed by atoms with E-state index in [1.165, 1.54) is 43.5 Å². The molecule has 2 rings (SSSR count). The summed E-state index contributed by atoms with van der Waals surface area (Å²) in [6, 6.07) is 0. The zero-order chi connectivity index (χ0) is 4.74. The largest absolute Gasteiger partial charge is 1.00 e. The predicted octanol–water partition coefficient (Wildman–Crippen LogP) is -2.39. The highest BCUT2D eigenvalue weighted by atomic mass is 127. The first-order chi connectivity index (χ1) is 3.41. The van der Waals surface area contributed by atoms with Crippen molar-refractivity contribution >= 4 is 0 Å². The van der Waals surface area contributed by atoms with Gasteiger partial charge in [-0.1, -0.05) is 0 Å². The molecular formula is C6H12IN. The molecule has 8 heavy (non-hydrogen) atoms. The molecule has 0 aromatic heterocycles. The maximum Gasteiger partial charge on any atom is 0.0841 e. The monoisotopic (exact) mass is 225 g/mol. The van der Waals surface area contributed by atoms with Gasteiger partial charge in [0.05, 0.1) is 26.2 Å². The fourth-order valence-electron chi connectivity index (χ4n) is 1.66. The fraction of sp³-hybridized carbons (Fsp3) is 1.00. The zero-order valence-electron chi connectivity index (χ0n) is 5.07. The Kier molecular flexibility index (Phi) is 1.82. The standard InChI is InChI=1S/C6H12N.HI/c1-3-7(4-1)5-2-6-7;/h1-6H2;1H/q+1;/p-1. The van der Waals surface area contributed by atoms with Crippen molar-refractivity contribution in [3.63, 3.8) is 0 Å². The van der Waals surface area contributed by atoms with Crippen LogP contribution in [0.4, 0.5) is 0 Å². The van der Waals surface area contributed by atoms with Gasteiger partial charge in [-0.3, -0.25) is 0 Å². The van der Waals surface area contributed by atoms with Crippen molar-refractivity contribution in [3.05, 3.63) is 0 Å². The van der Waals surface area contributed by atoms with Crippen LogP contribution in [0.3, 0.4) is 0 Å². The summed E-state index contributed by atoms with van der Waals surface area (Å²) < 4.78 is 1.50. The second-order valence-corrected chi connectivity index (χ2v) is 2.94. The molecule has 48 valence electrons. The van der Waals surface area contributed by atoms with E-state index in [1.807, 2.05) is 0 Å². The van der Waals surface area contributed by atoms with E-state index in [2.05, 4.69) is 0 Å². The van der Waals surface area contributed by atoms with Crippen molar-refractivity contribution in [3.8, 4) is 0 Å². The first kappa shape index (κ1) is 6.81. The van der Waals surface area contributed by atoms with Crippen LogP contribution in [-0.2, 0) is 0 Å². The molecule has 1 nitrogen and oxygen atoms in total. The topological polar surface area (TPSA) is 0 Å². The maximum absolute atomic E-state index is 1.50. The van der Waals surface area contributed by atoms with Crippen molar-refractivity contribution in [1.29, 1.82) is 0 Å². The van der Waals surface area contributed by atoms with Gasteiger partial charge >= 0.3 is 0 Å². The number of rotatable bonds is 0. The smallest absolute Gasteiger partial charge is 0.0841 e. The fourth-order valence-corrected chi connectivity index (χ4v) is 1.66. The molecule has 2 heterocycles. The van der Waals surface area contributed by atoms with Gasteiger partial charge in [0, 0.05) is 12.8 Å². The second kappa shape index (κ2) is 2.14. The minimum atomic E-state index is 0. The molecule has 0 unspecified atom stereocenters. The highest BCUT2D eigenvalue weighted by Crippen LogP contribution is 2.27. The van der Waals surface area contributed by atoms with E-state index in [-0.39, 0.29) is 24.0 Å². The van der Waals surface area contributed by atoms with Crippen LogP contribution >= 0.6 is 0 Å². The third-order valence-electron chi connectivity index (χ3n) is 2.53. The van der Waals surface area contributed by atoms with Crippen LogP contribution in [0.25, 0.3) is 0 Å². The van der Waals surface area contributed by atoms with Gasteiger partial charge in [-0.15, -0.1) is 0 Å². The summed E-state index contributed by atoms with van der Waals surface area (Å²) in [7, 11) is 0. The zero-order valence-corrected chi connectivity index (χ0v) is 7.23. The molecule has 0 saturated carbocycles. The Bertz CT molecular complexity index is 69.0. The molecule has 1 spiro atoms. The van der Waals surface area contributed by atoms with Crippen molar-refractivity contribution in [2.75, 3.05) is 26.2 Å². The van der Waals surface area contributed by atoms with Gasteiger partial charge < -0.3 is 28.5 Å². The summed E-state index contributed by atoms with van der Waals surface area (Å²) in [4.78, 5) is 0. The second-order valence-electron chi connectivity index (χ2n) is 2.94. The van der Waals surface area contributed by atoms with Gasteiger partial charge in [0.2, 0.25) is 0 Å². The lowest BCUT2D eigenvalue weighted by molar-refractivity contribution is -0.997. The van der Waals surface area contributed by atoms with Gasteiger partial charge in [0.1, 0.15) is 0 Å². The maximum atomic E-state index is 1.50. The van der Waals surface area contributed by atoms with Crippen LogP contribution in [-0.4, -0.2) is 30.7 Å². The van der Waals surface area contributed by atoms with Gasteiger partial charge in [-0.25, -0.2) is 0 Å². The highest BCUT2D eigenvalue weighted by Gasteiger charge is 2.40. The molecule has 2 fully saturated rings. The van der Waals surface area contributed by atoms with E-state index in [9.17, 15) is 0 Å². The molecule has 0 atom stereocenters. The van der Waals surface area contributed by atoms with Crippen LogP contribution in [0.1, 0.15) is 12.8 Å². The number of hydrogen-bond acceptors (Lipinski definition) is 0. The van der Waals surface area contributed by atoms with E-state index in [0.29, 0.717) is 0 Å². The van der Waals surface area contributed by atoms with Crippen LogP contribution < -0.4 is 24.0 Å². The summed E-state index contributed by atoms with van der Waals surface area (Å²) >= 11 is 0. The Morgan fingerprint density at radius 3 is 1.12 bits per heavy atom. The van der Waals surface area contributed by atoms with Crippen LogP contribution in [0.2, 0.25) is 0 Å². The Labute approximate surface area is 67.7 Å². The average molecular weight is 225 g/mol. The molecule has 2 heteroatoms. The van der Waals surface area contributed by atoms with Crippen molar-refractivity contribution in [2.45, 2.75) is 12.8 Å². The lowest BCUT2D eigenvalue weighted by Gasteiger charge is -2.52. The molecule has 0 radical (unpaired) electrons. The summed E-state index contributed by atoms with van der Waals surface area (Å²) in [5.74, 6) is 0. The molecule has 0 aromatic carbocycles. The number of halogens is 1. The minimum Gasteiger partial charge on any atom is -1.00 e. The summed E-state index contributed by atoms with van der Waals surface area (Å²) in [6.07, 6.45) is 3.00. The van der Waals surface area contributed by atoms with Crippen LogP contribution in [0.5, 0.6) is 0 Å². The first-order valence-corrected chi connectivity index (χ1v) is 3.26. The van der Waals surface area contributed by atoms with Crippen LogP contribution in [0, 0.1) is 0 Å². The van der Waals surface area contributed by atoms with Gasteiger partial charge in [-0.2, -0.15) is 0 Å². The summed E-state index contributed by atoms with van der Waals surface area (Å²) in [5, 5.41) is 0. The molecule has 2 aliphatic rings. The SMILES string of the molecule is C1C[N+]2(C1)CCC2.[I-].